The molecule has 0 aliphatic carbocycles. The van der Waals surface area contributed by atoms with Crippen LogP contribution >= 0.6 is 15.9 Å². The highest BCUT2D eigenvalue weighted by Gasteiger charge is 2.15. The van der Waals surface area contributed by atoms with Crippen molar-refractivity contribution in [1.29, 1.82) is 0 Å². The summed E-state index contributed by atoms with van der Waals surface area (Å²) in [6, 6.07) is 0. The molecule has 0 fully saturated rings. The smallest absolute Gasteiger partial charge is 0.305 e. The van der Waals surface area contributed by atoms with Crippen molar-refractivity contribution in [3.05, 3.63) is 0 Å². The average molecular weight is 522 g/mol. The molecule has 0 aromatic heterocycles. The average Bonchev–Trinajstić information content (AvgIpc) is 2.80. The van der Waals surface area contributed by atoms with Crippen molar-refractivity contribution >= 4 is 21.9 Å². The summed E-state index contributed by atoms with van der Waals surface area (Å²) in [5, 5.41) is 0.993. The Hall–Kier alpha value is -0.130. The highest BCUT2D eigenvalue weighted by molar-refractivity contribution is 9.09. The normalized spacial score (nSPS) is 14.3. The quantitative estimate of drug-likeness (QED) is 0.0553. The minimum absolute atomic E-state index is 0.102. The Morgan fingerprint density at radius 3 is 1.72 bits per heavy atom. The summed E-state index contributed by atoms with van der Waals surface area (Å²) in [6.07, 6.45) is 16.1. The molecule has 0 radical (unpaired) electrons. The van der Waals surface area contributed by atoms with Gasteiger partial charge in [0.05, 0.1) is 6.61 Å². The van der Waals surface area contributed by atoms with E-state index in [9.17, 15) is 4.79 Å². The molecule has 4 nitrogen and oxygen atoms in total. The van der Waals surface area contributed by atoms with Gasteiger partial charge in [0, 0.05) is 31.4 Å². The molecular weight excluding hydrogens is 468 g/mol. The van der Waals surface area contributed by atoms with Gasteiger partial charge >= 0.3 is 5.97 Å². The third-order valence-electron chi connectivity index (χ3n) is 6.38. The summed E-state index contributed by atoms with van der Waals surface area (Å²) < 4.78 is 17.7. The SMILES string of the molecule is CCCCC(CC)CCOC(CCOC(=O)CCCCCBr)OCCC(CC)CCCC. The Bertz CT molecular complexity index is 383. The zero-order valence-electron chi connectivity index (χ0n) is 21.7. The monoisotopic (exact) mass is 520 g/mol. The largest absolute Gasteiger partial charge is 0.465 e. The van der Waals surface area contributed by atoms with E-state index in [1.807, 2.05) is 0 Å². The second kappa shape index (κ2) is 24.0. The molecule has 0 N–H and O–H groups in total. The Morgan fingerprint density at radius 1 is 0.688 bits per heavy atom. The van der Waals surface area contributed by atoms with Crippen LogP contribution in [0.4, 0.5) is 0 Å². The standard InChI is InChI=1S/C27H53BrO4/c1-5-9-14-24(7-3)17-21-31-27(32-22-18-25(8-4)15-10-6-2)19-23-30-26(29)16-12-11-13-20-28/h24-25,27H,5-23H2,1-4H3. The first kappa shape index (κ1) is 31.9. The molecule has 0 bridgehead atoms. The van der Waals surface area contributed by atoms with Gasteiger partial charge in [0.2, 0.25) is 0 Å². The van der Waals surface area contributed by atoms with Crippen LogP contribution < -0.4 is 0 Å². The van der Waals surface area contributed by atoms with Crippen LogP contribution in [-0.4, -0.2) is 37.4 Å². The van der Waals surface area contributed by atoms with Crippen molar-refractivity contribution in [2.45, 2.75) is 130 Å². The third-order valence-corrected chi connectivity index (χ3v) is 6.94. The molecule has 0 amide bonds. The van der Waals surface area contributed by atoms with Crippen molar-refractivity contribution in [2.75, 3.05) is 25.2 Å². The van der Waals surface area contributed by atoms with E-state index in [0.717, 1.165) is 62.5 Å². The predicted octanol–water partition coefficient (Wildman–Crippen LogP) is 8.45. The number of carbonyl (C=O) groups excluding carboxylic acids is 1. The number of hydrogen-bond acceptors (Lipinski definition) is 4. The fourth-order valence-electron chi connectivity index (χ4n) is 3.92. The lowest BCUT2D eigenvalue weighted by Crippen LogP contribution is -2.23. The highest BCUT2D eigenvalue weighted by Crippen LogP contribution is 2.19. The predicted molar refractivity (Wildman–Crippen MR) is 139 cm³/mol. The van der Waals surface area contributed by atoms with Crippen LogP contribution in [0.3, 0.4) is 0 Å². The number of esters is 1. The Morgan fingerprint density at radius 2 is 1.25 bits per heavy atom. The molecule has 0 aliphatic rings. The van der Waals surface area contributed by atoms with Crippen molar-refractivity contribution < 1.29 is 19.0 Å². The van der Waals surface area contributed by atoms with Crippen molar-refractivity contribution in [3.63, 3.8) is 0 Å². The van der Waals surface area contributed by atoms with Crippen LogP contribution in [-0.2, 0) is 19.0 Å². The molecule has 192 valence electrons. The maximum atomic E-state index is 12.0. The second-order valence-electron chi connectivity index (χ2n) is 9.09. The summed E-state index contributed by atoms with van der Waals surface area (Å²) >= 11 is 3.42. The topological polar surface area (TPSA) is 44.8 Å². The van der Waals surface area contributed by atoms with Gasteiger partial charge in [-0.2, -0.15) is 0 Å². The van der Waals surface area contributed by atoms with Crippen LogP contribution in [0.5, 0.6) is 0 Å². The van der Waals surface area contributed by atoms with E-state index in [-0.39, 0.29) is 12.3 Å². The van der Waals surface area contributed by atoms with E-state index < -0.39 is 0 Å². The van der Waals surface area contributed by atoms with E-state index in [1.54, 1.807) is 0 Å². The molecule has 32 heavy (non-hydrogen) atoms. The van der Waals surface area contributed by atoms with Gasteiger partial charge in [-0.05, 0) is 37.5 Å². The third kappa shape index (κ3) is 19.3. The molecule has 0 heterocycles. The molecule has 0 rings (SSSR count). The van der Waals surface area contributed by atoms with E-state index in [1.165, 1.54) is 51.4 Å². The van der Waals surface area contributed by atoms with Gasteiger partial charge < -0.3 is 14.2 Å². The maximum Gasteiger partial charge on any atom is 0.305 e. The molecule has 2 atom stereocenters. The van der Waals surface area contributed by atoms with E-state index in [2.05, 4.69) is 43.6 Å². The zero-order chi connectivity index (χ0) is 23.9. The fourth-order valence-corrected chi connectivity index (χ4v) is 4.32. The summed E-state index contributed by atoms with van der Waals surface area (Å²) in [4.78, 5) is 12.0. The Kier molecular flexibility index (Phi) is 23.9. The first-order valence-corrected chi connectivity index (χ1v) is 14.7. The molecule has 0 aromatic carbocycles. The van der Waals surface area contributed by atoms with Gasteiger partial charge in [-0.3, -0.25) is 4.79 Å². The number of alkyl halides is 1. The lowest BCUT2D eigenvalue weighted by molar-refractivity contribution is -0.163. The van der Waals surface area contributed by atoms with Crippen LogP contribution in [0.25, 0.3) is 0 Å². The Balaban J connectivity index is 4.39. The van der Waals surface area contributed by atoms with Gasteiger partial charge in [-0.25, -0.2) is 0 Å². The molecule has 0 aromatic rings. The van der Waals surface area contributed by atoms with Gasteiger partial charge in [0.15, 0.2) is 6.29 Å². The van der Waals surface area contributed by atoms with Crippen molar-refractivity contribution in [3.8, 4) is 0 Å². The van der Waals surface area contributed by atoms with E-state index in [0.29, 0.717) is 19.4 Å². The first-order chi connectivity index (χ1) is 15.6. The minimum Gasteiger partial charge on any atom is -0.465 e. The number of halogens is 1. The lowest BCUT2D eigenvalue weighted by atomic mass is 9.96. The molecule has 0 saturated heterocycles. The Labute approximate surface area is 208 Å². The summed E-state index contributed by atoms with van der Waals surface area (Å²) in [5.74, 6) is 1.35. The first-order valence-electron chi connectivity index (χ1n) is 13.6. The number of rotatable bonds is 24. The maximum absolute atomic E-state index is 12.0. The minimum atomic E-state index is -0.274. The summed E-state index contributed by atoms with van der Waals surface area (Å²) in [6.45, 7) is 10.9. The van der Waals surface area contributed by atoms with Crippen molar-refractivity contribution in [1.82, 2.24) is 0 Å². The van der Waals surface area contributed by atoms with E-state index >= 15 is 0 Å². The van der Waals surface area contributed by atoms with Crippen LogP contribution in [0.15, 0.2) is 0 Å². The number of ether oxygens (including phenoxy) is 3. The second-order valence-corrected chi connectivity index (χ2v) is 9.88. The van der Waals surface area contributed by atoms with Gasteiger partial charge in [0.25, 0.3) is 0 Å². The highest BCUT2D eigenvalue weighted by atomic mass is 79.9. The molecule has 0 saturated carbocycles. The summed E-state index contributed by atoms with van der Waals surface area (Å²) in [7, 11) is 0. The number of carbonyl (C=O) groups is 1. The van der Waals surface area contributed by atoms with Crippen LogP contribution in [0.1, 0.15) is 124 Å². The summed E-state index contributed by atoms with van der Waals surface area (Å²) in [5.41, 5.74) is 0. The molecule has 5 heteroatoms. The van der Waals surface area contributed by atoms with Gasteiger partial charge in [-0.1, -0.05) is 101 Å². The van der Waals surface area contributed by atoms with Crippen LogP contribution in [0.2, 0.25) is 0 Å². The van der Waals surface area contributed by atoms with Gasteiger partial charge in [-0.15, -0.1) is 0 Å². The van der Waals surface area contributed by atoms with Crippen molar-refractivity contribution in [2.24, 2.45) is 11.8 Å². The van der Waals surface area contributed by atoms with Crippen LogP contribution in [0, 0.1) is 11.8 Å². The molecular formula is C27H53BrO4. The number of unbranched alkanes of at least 4 members (excludes halogenated alkanes) is 4. The van der Waals surface area contributed by atoms with Gasteiger partial charge in [0.1, 0.15) is 0 Å². The molecule has 0 aliphatic heterocycles. The number of hydrogen-bond donors (Lipinski definition) is 0. The van der Waals surface area contributed by atoms with E-state index in [4.69, 9.17) is 14.2 Å². The lowest BCUT2D eigenvalue weighted by Gasteiger charge is -2.22. The molecule has 2 unspecified atom stereocenters. The zero-order valence-corrected chi connectivity index (χ0v) is 23.3. The fraction of sp³-hybridized carbons (Fsp3) is 0.963. The molecule has 0 spiro atoms.